The molecule has 8 nitrogen and oxygen atoms in total. The number of piperazine rings is 1. The smallest absolute Gasteiger partial charge is 0.218 e. The molecule has 0 aliphatic carbocycles. The van der Waals surface area contributed by atoms with Gasteiger partial charge in [0.2, 0.25) is 10.0 Å². The number of sulfonamides is 1. The van der Waals surface area contributed by atoms with Gasteiger partial charge in [-0.15, -0.1) is 0 Å². The van der Waals surface area contributed by atoms with Gasteiger partial charge in [0.05, 0.1) is 17.0 Å². The maximum absolute atomic E-state index is 13.0. The van der Waals surface area contributed by atoms with Crippen LogP contribution in [-0.2, 0) is 15.8 Å². The van der Waals surface area contributed by atoms with Gasteiger partial charge in [-0.25, -0.2) is 8.42 Å². The maximum Gasteiger partial charge on any atom is 0.218 e. The number of aromatic amines is 1. The third-order valence-corrected chi connectivity index (χ3v) is 9.15. The van der Waals surface area contributed by atoms with Gasteiger partial charge >= 0.3 is 0 Å². The summed E-state index contributed by atoms with van der Waals surface area (Å²) in [7, 11) is -1.39. The summed E-state index contributed by atoms with van der Waals surface area (Å²) in [5.74, 6) is -0.0311. The summed E-state index contributed by atoms with van der Waals surface area (Å²) in [6, 6.07) is 15.9. The topological polar surface area (TPSA) is 105 Å². The van der Waals surface area contributed by atoms with E-state index >= 15 is 0 Å². The molecular formula is C30H32N6O2S. The lowest BCUT2D eigenvalue weighted by molar-refractivity contribution is 0.222. The van der Waals surface area contributed by atoms with E-state index in [1.165, 1.54) is 0 Å². The minimum atomic E-state index is -3.39. The van der Waals surface area contributed by atoms with Crippen LogP contribution in [0, 0.1) is 25.2 Å². The fraction of sp³-hybridized carbons (Fsp3) is 0.267. The Morgan fingerprint density at radius 3 is 2.67 bits per heavy atom. The molecule has 0 amide bonds. The summed E-state index contributed by atoms with van der Waals surface area (Å²) in [4.78, 5) is 9.81. The van der Waals surface area contributed by atoms with Crippen molar-refractivity contribution in [3.63, 3.8) is 0 Å². The molecule has 3 heterocycles. The van der Waals surface area contributed by atoms with Gasteiger partial charge < -0.3 is 15.2 Å². The highest BCUT2D eigenvalue weighted by Crippen LogP contribution is 2.32. The molecule has 4 aromatic rings. The first kappa shape index (κ1) is 26.6. The lowest BCUT2D eigenvalue weighted by Gasteiger charge is -2.31. The molecule has 1 saturated heterocycles. The first-order chi connectivity index (χ1) is 18.7. The first-order valence-corrected chi connectivity index (χ1v) is 14.5. The number of H-pyrrole nitrogens is 1. The van der Waals surface area contributed by atoms with Crippen molar-refractivity contribution in [2.45, 2.75) is 19.6 Å². The van der Waals surface area contributed by atoms with Crippen LogP contribution in [0.5, 0.6) is 0 Å². The molecule has 9 heteroatoms. The quantitative estimate of drug-likeness (QED) is 0.340. The number of fused-ring (bicyclic) bond motifs is 1. The molecule has 0 bridgehead atoms. The Balaban J connectivity index is 1.42. The van der Waals surface area contributed by atoms with Gasteiger partial charge in [-0.2, -0.15) is 9.57 Å². The maximum atomic E-state index is 13.0. The van der Waals surface area contributed by atoms with Crippen molar-refractivity contribution in [2.24, 2.45) is 0 Å². The van der Waals surface area contributed by atoms with Crippen molar-refractivity contribution in [1.82, 2.24) is 19.2 Å². The fourth-order valence-corrected chi connectivity index (χ4v) is 6.44. The van der Waals surface area contributed by atoms with Gasteiger partial charge in [0.25, 0.3) is 0 Å². The van der Waals surface area contributed by atoms with Crippen LogP contribution in [0.1, 0.15) is 33.5 Å². The van der Waals surface area contributed by atoms with Crippen LogP contribution in [0.2, 0.25) is 0 Å². The molecule has 0 radical (unpaired) electrons. The van der Waals surface area contributed by atoms with Gasteiger partial charge in [-0.05, 0) is 55.8 Å². The predicted molar refractivity (Wildman–Crippen MR) is 157 cm³/mol. The standard InChI is InChI=1S/C30H32N6O2S/c1-21-26-11-12-32-29(26)10-9-28(21)34-30-25(18-31)19-33-22(2)27(30)8-7-23-5-4-6-24(17-23)20-39(37,38)36-15-13-35(3)14-16-36/h4-12,17,19,32H,13-16,20H2,1-3H3,(H,33,34). The van der Waals surface area contributed by atoms with Crippen LogP contribution in [0.15, 0.2) is 54.9 Å². The van der Waals surface area contributed by atoms with Crippen molar-refractivity contribution in [3.8, 4) is 6.07 Å². The highest BCUT2D eigenvalue weighted by atomic mass is 32.2. The highest BCUT2D eigenvalue weighted by Gasteiger charge is 2.25. The zero-order chi connectivity index (χ0) is 27.6. The molecule has 2 aromatic heterocycles. The zero-order valence-corrected chi connectivity index (χ0v) is 23.2. The number of aromatic nitrogens is 2. The Hall–Kier alpha value is -3.97. The number of aryl methyl sites for hydroxylation is 2. The van der Waals surface area contributed by atoms with Gasteiger partial charge in [0.15, 0.2) is 0 Å². The van der Waals surface area contributed by atoms with Crippen molar-refractivity contribution in [2.75, 3.05) is 38.5 Å². The molecule has 0 unspecified atom stereocenters. The highest BCUT2D eigenvalue weighted by molar-refractivity contribution is 7.88. The zero-order valence-electron chi connectivity index (χ0n) is 22.4. The molecule has 0 spiro atoms. The average Bonchev–Trinajstić information content (AvgIpc) is 3.40. The lowest BCUT2D eigenvalue weighted by atomic mass is 10.0. The molecular weight excluding hydrogens is 508 g/mol. The van der Waals surface area contributed by atoms with Gasteiger partial charge in [0.1, 0.15) is 6.07 Å². The number of likely N-dealkylation sites (N-methyl/N-ethyl adjacent to an activating group) is 1. The number of anilines is 2. The Morgan fingerprint density at radius 2 is 1.90 bits per heavy atom. The third kappa shape index (κ3) is 5.73. The van der Waals surface area contributed by atoms with E-state index in [-0.39, 0.29) is 5.75 Å². The van der Waals surface area contributed by atoms with E-state index in [0.29, 0.717) is 24.3 Å². The second-order valence-corrected chi connectivity index (χ2v) is 12.0. The summed E-state index contributed by atoms with van der Waals surface area (Å²) >= 11 is 0. The molecule has 39 heavy (non-hydrogen) atoms. The summed E-state index contributed by atoms with van der Waals surface area (Å²) in [5, 5.41) is 14.4. The average molecular weight is 541 g/mol. The van der Waals surface area contributed by atoms with E-state index in [4.69, 9.17) is 0 Å². The number of hydrogen-bond donors (Lipinski definition) is 2. The van der Waals surface area contributed by atoms with E-state index in [1.54, 1.807) is 10.5 Å². The predicted octanol–water partition coefficient (Wildman–Crippen LogP) is 5.04. The van der Waals surface area contributed by atoms with Crippen LogP contribution in [0.3, 0.4) is 0 Å². The van der Waals surface area contributed by atoms with Crippen molar-refractivity contribution >= 4 is 44.5 Å². The second kappa shape index (κ2) is 11.0. The Morgan fingerprint density at radius 1 is 1.10 bits per heavy atom. The van der Waals surface area contributed by atoms with Gasteiger partial charge in [-0.1, -0.05) is 36.4 Å². The molecule has 2 aromatic carbocycles. The molecule has 0 saturated carbocycles. The van der Waals surface area contributed by atoms with E-state index < -0.39 is 10.0 Å². The number of hydrogen-bond acceptors (Lipinski definition) is 6. The Bertz CT molecular complexity index is 1690. The van der Waals surface area contributed by atoms with Crippen molar-refractivity contribution in [3.05, 3.63) is 88.4 Å². The molecule has 1 aliphatic rings. The number of pyridine rings is 1. The second-order valence-electron chi connectivity index (χ2n) is 10.00. The minimum Gasteiger partial charge on any atom is -0.361 e. The largest absolute Gasteiger partial charge is 0.361 e. The van der Waals surface area contributed by atoms with E-state index in [2.05, 4.69) is 33.2 Å². The van der Waals surface area contributed by atoms with Crippen LogP contribution < -0.4 is 5.32 Å². The number of nitrogens with zero attached hydrogens (tertiary/aromatic N) is 4. The first-order valence-electron chi connectivity index (χ1n) is 12.9. The van der Waals surface area contributed by atoms with Crippen molar-refractivity contribution in [1.29, 1.82) is 5.26 Å². The summed E-state index contributed by atoms with van der Waals surface area (Å²) in [6.45, 7) is 6.49. The normalized spacial score (nSPS) is 15.1. The lowest BCUT2D eigenvalue weighted by Crippen LogP contribution is -2.47. The molecule has 1 aliphatic heterocycles. The molecule has 0 atom stereocenters. The van der Waals surface area contributed by atoms with Gasteiger partial charge in [0, 0.05) is 66.4 Å². The third-order valence-electron chi connectivity index (χ3n) is 7.30. The van der Waals surface area contributed by atoms with E-state index in [1.807, 2.05) is 74.8 Å². The van der Waals surface area contributed by atoms with Crippen LogP contribution in [0.25, 0.3) is 23.1 Å². The van der Waals surface area contributed by atoms with E-state index in [0.717, 1.165) is 57.6 Å². The number of nitriles is 1. The number of nitrogens with one attached hydrogen (secondary N) is 2. The summed E-state index contributed by atoms with van der Waals surface area (Å²) < 4.78 is 27.6. The van der Waals surface area contributed by atoms with Crippen LogP contribution in [-0.4, -0.2) is 60.8 Å². The van der Waals surface area contributed by atoms with Crippen LogP contribution in [0.4, 0.5) is 11.4 Å². The van der Waals surface area contributed by atoms with Crippen LogP contribution >= 0.6 is 0 Å². The van der Waals surface area contributed by atoms with Crippen molar-refractivity contribution < 1.29 is 8.42 Å². The fourth-order valence-electron chi connectivity index (χ4n) is 4.93. The summed E-state index contributed by atoms with van der Waals surface area (Å²) in [5.41, 5.74) is 7.38. The minimum absolute atomic E-state index is 0.0311. The Labute approximate surface area is 229 Å². The van der Waals surface area contributed by atoms with E-state index in [9.17, 15) is 13.7 Å². The van der Waals surface area contributed by atoms with Gasteiger partial charge in [-0.3, -0.25) is 4.98 Å². The SMILES string of the molecule is Cc1ncc(C#N)c(Nc2ccc3[nH]ccc3c2C)c1C=Cc1cccc(CS(=O)(=O)N2CCN(C)CC2)c1. The Kier molecular flexibility index (Phi) is 7.53. The summed E-state index contributed by atoms with van der Waals surface area (Å²) in [6.07, 6.45) is 7.37. The monoisotopic (exact) mass is 540 g/mol. The number of rotatable bonds is 7. The number of benzene rings is 2. The molecule has 2 N–H and O–H groups in total. The molecule has 1 fully saturated rings. The molecule has 5 rings (SSSR count). The molecule has 200 valence electrons.